The van der Waals surface area contributed by atoms with E-state index in [0.29, 0.717) is 18.6 Å². The number of aliphatic hydroxyl groups excluding tert-OH is 1. The van der Waals surface area contributed by atoms with Crippen molar-refractivity contribution in [2.24, 2.45) is 0 Å². The number of ether oxygens (including phenoxy) is 1. The standard InChI is InChI=1S/C20H29N5O2/c1-2-27-19-6-4-3-5-17(19)14-25-9-8-24(15-18(25)7-10-26)13-16-11-22-20(21)23-12-16/h3-6,11-12,18,26H,2,7-10,13-15H2,1H3,(H2,21,22,23)/t18-/m0/s1. The van der Waals surface area contributed by atoms with Crippen molar-refractivity contribution < 1.29 is 9.84 Å². The first-order chi connectivity index (χ1) is 13.2. The molecule has 2 heterocycles. The molecule has 3 N–H and O–H groups in total. The van der Waals surface area contributed by atoms with E-state index in [-0.39, 0.29) is 6.61 Å². The molecule has 0 saturated carbocycles. The molecule has 146 valence electrons. The number of nitrogens with zero attached hydrogens (tertiary/aromatic N) is 4. The van der Waals surface area contributed by atoms with Crippen LogP contribution in [-0.4, -0.2) is 63.8 Å². The van der Waals surface area contributed by atoms with Crippen molar-refractivity contribution in [2.45, 2.75) is 32.5 Å². The van der Waals surface area contributed by atoms with Gasteiger partial charge in [0.25, 0.3) is 0 Å². The van der Waals surface area contributed by atoms with Gasteiger partial charge in [-0.25, -0.2) is 9.97 Å². The summed E-state index contributed by atoms with van der Waals surface area (Å²) < 4.78 is 5.77. The number of para-hydroxylation sites is 1. The van der Waals surface area contributed by atoms with Crippen LogP contribution in [0.25, 0.3) is 0 Å². The van der Waals surface area contributed by atoms with Crippen molar-refractivity contribution in [1.29, 1.82) is 0 Å². The number of benzene rings is 1. The molecule has 1 aliphatic rings. The van der Waals surface area contributed by atoms with Gasteiger partial charge in [0.1, 0.15) is 5.75 Å². The fraction of sp³-hybridized carbons (Fsp3) is 0.500. The lowest BCUT2D eigenvalue weighted by Gasteiger charge is -2.41. The summed E-state index contributed by atoms with van der Waals surface area (Å²) in [5, 5.41) is 9.54. The number of nitrogen functional groups attached to an aromatic ring is 1. The van der Waals surface area contributed by atoms with Crippen LogP contribution in [0.3, 0.4) is 0 Å². The number of aromatic nitrogens is 2. The van der Waals surface area contributed by atoms with Gasteiger partial charge in [0, 0.05) is 68.9 Å². The van der Waals surface area contributed by atoms with Crippen LogP contribution in [0.15, 0.2) is 36.7 Å². The van der Waals surface area contributed by atoms with Crippen molar-refractivity contribution in [3.8, 4) is 5.75 Å². The monoisotopic (exact) mass is 371 g/mol. The Hall–Kier alpha value is -2.22. The van der Waals surface area contributed by atoms with Gasteiger partial charge in [-0.2, -0.15) is 0 Å². The third-order valence-corrected chi connectivity index (χ3v) is 4.93. The molecule has 7 nitrogen and oxygen atoms in total. The summed E-state index contributed by atoms with van der Waals surface area (Å²) in [6, 6.07) is 8.51. The van der Waals surface area contributed by atoms with Crippen molar-refractivity contribution >= 4 is 5.95 Å². The lowest BCUT2D eigenvalue weighted by Crippen LogP contribution is -2.52. The SMILES string of the molecule is CCOc1ccccc1CN1CCN(Cc2cnc(N)nc2)C[C@@H]1CCO. The van der Waals surface area contributed by atoms with E-state index in [1.165, 1.54) is 5.56 Å². The maximum Gasteiger partial charge on any atom is 0.219 e. The number of hydrogen-bond acceptors (Lipinski definition) is 7. The van der Waals surface area contributed by atoms with Gasteiger partial charge in [0.15, 0.2) is 0 Å². The van der Waals surface area contributed by atoms with E-state index in [4.69, 9.17) is 10.5 Å². The molecule has 7 heteroatoms. The summed E-state index contributed by atoms with van der Waals surface area (Å²) in [4.78, 5) is 13.0. The topological polar surface area (TPSA) is 87.7 Å². The minimum Gasteiger partial charge on any atom is -0.494 e. The van der Waals surface area contributed by atoms with Crippen molar-refractivity contribution in [2.75, 3.05) is 38.6 Å². The van der Waals surface area contributed by atoms with Crippen molar-refractivity contribution in [1.82, 2.24) is 19.8 Å². The molecule has 1 fully saturated rings. The number of rotatable bonds is 8. The summed E-state index contributed by atoms with van der Waals surface area (Å²) in [7, 11) is 0. The van der Waals surface area contributed by atoms with E-state index in [9.17, 15) is 5.11 Å². The van der Waals surface area contributed by atoms with Crippen LogP contribution < -0.4 is 10.5 Å². The zero-order valence-corrected chi connectivity index (χ0v) is 15.9. The fourth-order valence-electron chi connectivity index (χ4n) is 3.59. The number of hydrogen-bond donors (Lipinski definition) is 2. The summed E-state index contributed by atoms with van der Waals surface area (Å²) in [6.45, 7) is 7.30. The Morgan fingerprint density at radius 3 is 2.70 bits per heavy atom. The highest BCUT2D eigenvalue weighted by atomic mass is 16.5. The van der Waals surface area contributed by atoms with E-state index >= 15 is 0 Å². The second-order valence-electron chi connectivity index (χ2n) is 6.86. The van der Waals surface area contributed by atoms with Gasteiger partial charge in [0.2, 0.25) is 5.95 Å². The van der Waals surface area contributed by atoms with Crippen LogP contribution in [0.2, 0.25) is 0 Å². The quantitative estimate of drug-likeness (QED) is 0.727. The fourth-order valence-corrected chi connectivity index (χ4v) is 3.59. The average Bonchev–Trinajstić information content (AvgIpc) is 2.67. The molecular formula is C20H29N5O2. The third-order valence-electron chi connectivity index (χ3n) is 4.93. The Bertz CT molecular complexity index is 710. The molecule has 27 heavy (non-hydrogen) atoms. The molecule has 1 aromatic carbocycles. The molecule has 3 rings (SSSR count). The normalized spacial score (nSPS) is 18.5. The Kier molecular flexibility index (Phi) is 6.98. The van der Waals surface area contributed by atoms with Crippen molar-refractivity contribution in [3.63, 3.8) is 0 Å². The van der Waals surface area contributed by atoms with E-state index in [0.717, 1.165) is 50.5 Å². The van der Waals surface area contributed by atoms with Gasteiger partial charge in [-0.05, 0) is 19.4 Å². The molecule has 0 spiro atoms. The zero-order valence-electron chi connectivity index (χ0n) is 15.9. The maximum absolute atomic E-state index is 9.54. The highest BCUT2D eigenvalue weighted by molar-refractivity contribution is 5.33. The molecule has 0 aliphatic carbocycles. The summed E-state index contributed by atoms with van der Waals surface area (Å²) in [5.74, 6) is 1.25. The van der Waals surface area contributed by atoms with Gasteiger partial charge in [-0.1, -0.05) is 18.2 Å². The van der Waals surface area contributed by atoms with E-state index in [1.807, 2.05) is 19.1 Å². The molecule has 2 aromatic rings. The molecule has 1 aliphatic heterocycles. The minimum absolute atomic E-state index is 0.188. The third kappa shape index (κ3) is 5.38. The highest BCUT2D eigenvalue weighted by Crippen LogP contribution is 2.23. The predicted molar refractivity (Wildman–Crippen MR) is 105 cm³/mol. The molecule has 0 radical (unpaired) electrons. The van der Waals surface area contributed by atoms with E-state index < -0.39 is 0 Å². The van der Waals surface area contributed by atoms with Gasteiger partial charge in [-0.3, -0.25) is 9.80 Å². The Morgan fingerprint density at radius 2 is 1.96 bits per heavy atom. The summed E-state index contributed by atoms with van der Waals surface area (Å²) in [6.07, 6.45) is 4.33. The summed E-state index contributed by atoms with van der Waals surface area (Å²) >= 11 is 0. The van der Waals surface area contributed by atoms with Crippen LogP contribution >= 0.6 is 0 Å². The van der Waals surface area contributed by atoms with Gasteiger partial charge >= 0.3 is 0 Å². The molecule has 1 aromatic heterocycles. The molecule has 0 unspecified atom stereocenters. The summed E-state index contributed by atoms with van der Waals surface area (Å²) in [5.41, 5.74) is 7.82. The molecule has 0 bridgehead atoms. The van der Waals surface area contributed by atoms with E-state index in [2.05, 4.69) is 31.9 Å². The van der Waals surface area contributed by atoms with Crippen LogP contribution in [0.4, 0.5) is 5.95 Å². The number of nitrogens with two attached hydrogens (primary N) is 1. The van der Waals surface area contributed by atoms with Crippen LogP contribution in [-0.2, 0) is 13.1 Å². The molecule has 1 atom stereocenters. The minimum atomic E-state index is 0.188. The number of anilines is 1. The second-order valence-corrected chi connectivity index (χ2v) is 6.86. The van der Waals surface area contributed by atoms with Crippen molar-refractivity contribution in [3.05, 3.63) is 47.8 Å². The number of aliphatic hydroxyl groups is 1. The van der Waals surface area contributed by atoms with Crippen LogP contribution in [0.5, 0.6) is 5.75 Å². The first kappa shape index (κ1) is 19.5. The Balaban J connectivity index is 1.65. The zero-order chi connectivity index (χ0) is 19.1. The number of piperazine rings is 1. The van der Waals surface area contributed by atoms with Gasteiger partial charge < -0.3 is 15.6 Å². The Labute approximate surface area is 160 Å². The Morgan fingerprint density at radius 1 is 1.19 bits per heavy atom. The lowest BCUT2D eigenvalue weighted by atomic mass is 10.1. The smallest absolute Gasteiger partial charge is 0.219 e. The first-order valence-electron chi connectivity index (χ1n) is 9.54. The predicted octanol–water partition coefficient (Wildman–Crippen LogP) is 1.53. The van der Waals surface area contributed by atoms with Gasteiger partial charge in [-0.15, -0.1) is 0 Å². The lowest BCUT2D eigenvalue weighted by molar-refractivity contribution is 0.0493. The second kappa shape index (κ2) is 9.64. The van der Waals surface area contributed by atoms with E-state index in [1.54, 1.807) is 12.4 Å². The molecular weight excluding hydrogens is 342 g/mol. The first-order valence-corrected chi connectivity index (χ1v) is 9.54. The largest absolute Gasteiger partial charge is 0.494 e. The average molecular weight is 371 g/mol. The van der Waals surface area contributed by atoms with Gasteiger partial charge in [0.05, 0.1) is 6.61 Å². The molecule has 1 saturated heterocycles. The highest BCUT2D eigenvalue weighted by Gasteiger charge is 2.27. The molecule has 0 amide bonds. The van der Waals surface area contributed by atoms with Crippen LogP contribution in [0.1, 0.15) is 24.5 Å². The van der Waals surface area contributed by atoms with Crippen LogP contribution in [0, 0.1) is 0 Å². The maximum atomic E-state index is 9.54.